The second-order valence-corrected chi connectivity index (χ2v) is 4.72. The Morgan fingerprint density at radius 3 is 3.07 bits per heavy atom. The van der Waals surface area contributed by atoms with Gasteiger partial charge in [-0.15, -0.1) is 0 Å². The van der Waals surface area contributed by atoms with Crippen molar-refractivity contribution in [2.75, 3.05) is 0 Å². The Bertz CT molecular complexity index is 515. The molecule has 0 aliphatic heterocycles. The third kappa shape index (κ3) is 2.52. The van der Waals surface area contributed by atoms with E-state index in [9.17, 15) is 0 Å². The molecule has 4 nitrogen and oxygen atoms in total. The van der Waals surface area contributed by atoms with E-state index in [0.29, 0.717) is 5.56 Å². The van der Waals surface area contributed by atoms with Crippen LogP contribution in [0.15, 0.2) is 27.7 Å². The van der Waals surface area contributed by atoms with Crippen molar-refractivity contribution < 1.29 is 0 Å². The minimum absolute atomic E-state index is 0.605. The third-order valence-electron chi connectivity index (χ3n) is 1.56. The van der Waals surface area contributed by atoms with Crippen LogP contribution in [0.3, 0.4) is 0 Å². The fourth-order valence-corrected chi connectivity index (χ4v) is 2.54. The molecule has 0 saturated carbocycles. The van der Waals surface area contributed by atoms with Gasteiger partial charge in [0.2, 0.25) is 0 Å². The minimum atomic E-state index is 0.605. The van der Waals surface area contributed by atoms with Crippen LogP contribution in [0.4, 0.5) is 0 Å². The maximum Gasteiger partial charge on any atom is 0.176 e. The van der Waals surface area contributed by atoms with E-state index in [-0.39, 0.29) is 0 Å². The predicted molar refractivity (Wildman–Crippen MR) is 57.7 cm³/mol. The summed E-state index contributed by atoms with van der Waals surface area (Å²) in [6, 6.07) is 5.49. The monoisotopic (exact) mass is 234 g/mol. The Labute approximate surface area is 95.2 Å². The summed E-state index contributed by atoms with van der Waals surface area (Å²) in [5.74, 6) is 0.763. The maximum atomic E-state index is 8.72. The first-order chi connectivity index (χ1) is 7.28. The molecule has 6 heteroatoms. The third-order valence-corrected chi connectivity index (χ3v) is 3.34. The van der Waals surface area contributed by atoms with Crippen LogP contribution in [0.5, 0.6) is 0 Å². The molecule has 2 heterocycles. The molecule has 0 bridgehead atoms. The fourth-order valence-electron chi connectivity index (χ4n) is 0.944. The molecule has 15 heavy (non-hydrogen) atoms. The van der Waals surface area contributed by atoms with Crippen LogP contribution < -0.4 is 0 Å². The average molecular weight is 234 g/mol. The molecule has 0 spiro atoms. The molecule has 0 fully saturated rings. The summed E-state index contributed by atoms with van der Waals surface area (Å²) in [5.41, 5.74) is 0.605. The van der Waals surface area contributed by atoms with Gasteiger partial charge in [0, 0.05) is 6.20 Å². The Morgan fingerprint density at radius 2 is 2.40 bits per heavy atom. The van der Waals surface area contributed by atoms with Crippen LogP contribution in [0.25, 0.3) is 0 Å². The molecule has 0 aromatic carbocycles. The van der Waals surface area contributed by atoms with Crippen LogP contribution in [0.2, 0.25) is 0 Å². The molecule has 0 amide bonds. The lowest BCUT2D eigenvalue weighted by atomic mass is 10.3. The van der Waals surface area contributed by atoms with E-state index in [1.807, 2.05) is 6.92 Å². The Morgan fingerprint density at radius 1 is 1.53 bits per heavy atom. The molecular weight excluding hydrogens is 228 g/mol. The van der Waals surface area contributed by atoms with Crippen LogP contribution in [0, 0.1) is 18.3 Å². The van der Waals surface area contributed by atoms with Gasteiger partial charge < -0.3 is 0 Å². The van der Waals surface area contributed by atoms with Gasteiger partial charge >= 0.3 is 0 Å². The number of pyridine rings is 1. The van der Waals surface area contributed by atoms with E-state index in [2.05, 4.69) is 20.4 Å². The van der Waals surface area contributed by atoms with Crippen LogP contribution in [-0.4, -0.2) is 14.3 Å². The molecule has 0 aliphatic rings. The molecule has 0 aliphatic carbocycles. The van der Waals surface area contributed by atoms with Crippen LogP contribution in [-0.2, 0) is 0 Å². The highest BCUT2D eigenvalue weighted by molar-refractivity contribution is 8.00. The number of nitrogens with zero attached hydrogens (tertiary/aromatic N) is 4. The first-order valence-electron chi connectivity index (χ1n) is 4.12. The van der Waals surface area contributed by atoms with Gasteiger partial charge in [-0.05, 0) is 42.4 Å². The number of hydrogen-bond acceptors (Lipinski definition) is 6. The van der Waals surface area contributed by atoms with Crippen molar-refractivity contribution in [1.29, 1.82) is 5.26 Å². The standard InChI is InChI=1S/C9H6N4S2/c1-6-12-9(15-13-6)14-8-4-7(5-10)2-3-11-8/h2-4H,1H3. The van der Waals surface area contributed by atoms with Gasteiger partial charge in [0.15, 0.2) is 4.34 Å². The van der Waals surface area contributed by atoms with E-state index in [1.54, 1.807) is 18.3 Å². The molecular formula is C9H6N4S2. The molecule has 0 atom stereocenters. The first kappa shape index (κ1) is 10.1. The smallest absolute Gasteiger partial charge is 0.176 e. The van der Waals surface area contributed by atoms with Crippen molar-refractivity contribution in [3.05, 3.63) is 29.7 Å². The van der Waals surface area contributed by atoms with E-state index in [1.165, 1.54) is 23.3 Å². The molecule has 74 valence electrons. The lowest BCUT2D eigenvalue weighted by molar-refractivity contribution is 1.08. The lowest BCUT2D eigenvalue weighted by Crippen LogP contribution is -1.81. The van der Waals surface area contributed by atoms with Crippen molar-refractivity contribution >= 4 is 23.3 Å². The molecule has 0 unspecified atom stereocenters. The zero-order chi connectivity index (χ0) is 10.7. The molecule has 2 aromatic heterocycles. The van der Waals surface area contributed by atoms with Gasteiger partial charge in [-0.1, -0.05) is 0 Å². The molecule has 0 saturated heterocycles. The number of rotatable bonds is 2. The van der Waals surface area contributed by atoms with Crippen LogP contribution in [0.1, 0.15) is 11.4 Å². The highest BCUT2D eigenvalue weighted by atomic mass is 32.2. The van der Waals surface area contributed by atoms with Crippen molar-refractivity contribution in [2.45, 2.75) is 16.3 Å². The highest BCUT2D eigenvalue weighted by Gasteiger charge is 2.04. The first-order valence-corrected chi connectivity index (χ1v) is 5.71. The zero-order valence-corrected chi connectivity index (χ0v) is 9.47. The summed E-state index contributed by atoms with van der Waals surface area (Å²) in [7, 11) is 0. The topological polar surface area (TPSA) is 62.5 Å². The van der Waals surface area contributed by atoms with E-state index >= 15 is 0 Å². The van der Waals surface area contributed by atoms with Crippen molar-refractivity contribution in [3.63, 3.8) is 0 Å². The Balaban J connectivity index is 2.21. The summed E-state index contributed by atoms with van der Waals surface area (Å²) in [6.45, 7) is 1.85. The van der Waals surface area contributed by atoms with Gasteiger partial charge in [0.1, 0.15) is 10.9 Å². The molecule has 0 N–H and O–H groups in total. The molecule has 2 rings (SSSR count). The lowest BCUT2D eigenvalue weighted by Gasteiger charge is -1.95. The second kappa shape index (κ2) is 4.38. The summed E-state index contributed by atoms with van der Waals surface area (Å²) in [6.07, 6.45) is 1.62. The van der Waals surface area contributed by atoms with Crippen molar-refractivity contribution in [3.8, 4) is 6.07 Å². The number of hydrogen-bond donors (Lipinski definition) is 0. The van der Waals surface area contributed by atoms with Crippen LogP contribution >= 0.6 is 23.3 Å². The Kier molecular flexibility index (Phi) is 2.94. The molecule has 2 aromatic rings. The highest BCUT2D eigenvalue weighted by Crippen LogP contribution is 2.27. The fraction of sp³-hybridized carbons (Fsp3) is 0.111. The predicted octanol–water partition coefficient (Wildman–Crippen LogP) is 2.26. The van der Waals surface area contributed by atoms with Gasteiger partial charge in [-0.25, -0.2) is 9.97 Å². The van der Waals surface area contributed by atoms with Gasteiger partial charge in [0.25, 0.3) is 0 Å². The Hall–Kier alpha value is -1.45. The zero-order valence-electron chi connectivity index (χ0n) is 7.84. The summed E-state index contributed by atoms with van der Waals surface area (Å²) >= 11 is 2.76. The summed E-state index contributed by atoms with van der Waals surface area (Å²) < 4.78 is 4.91. The van der Waals surface area contributed by atoms with Gasteiger partial charge in [-0.3, -0.25) is 0 Å². The number of aromatic nitrogens is 3. The maximum absolute atomic E-state index is 8.72. The average Bonchev–Trinajstić information content (AvgIpc) is 2.64. The minimum Gasteiger partial charge on any atom is -0.249 e. The van der Waals surface area contributed by atoms with Crippen molar-refractivity contribution in [2.24, 2.45) is 0 Å². The second-order valence-electron chi connectivity index (χ2n) is 2.70. The van der Waals surface area contributed by atoms with Gasteiger partial charge in [-0.2, -0.15) is 9.64 Å². The summed E-state index contributed by atoms with van der Waals surface area (Å²) in [5, 5.41) is 9.49. The van der Waals surface area contributed by atoms with Crippen molar-refractivity contribution in [1.82, 2.24) is 14.3 Å². The van der Waals surface area contributed by atoms with Gasteiger partial charge in [0.05, 0.1) is 11.6 Å². The molecule has 0 radical (unpaired) electrons. The van der Waals surface area contributed by atoms with E-state index in [4.69, 9.17) is 5.26 Å². The number of aryl methyl sites for hydroxylation is 1. The SMILES string of the molecule is Cc1nsc(Sc2cc(C#N)ccn2)n1. The number of nitriles is 1. The summed E-state index contributed by atoms with van der Waals surface area (Å²) in [4.78, 5) is 8.35. The largest absolute Gasteiger partial charge is 0.249 e. The normalized spacial score (nSPS) is 9.87. The quantitative estimate of drug-likeness (QED) is 0.797. The van der Waals surface area contributed by atoms with E-state index < -0.39 is 0 Å². The van der Waals surface area contributed by atoms with E-state index in [0.717, 1.165) is 15.2 Å².